The molecular weight excluding hydrogens is 344 g/mol. The van der Waals surface area contributed by atoms with Crippen LogP contribution < -0.4 is 11.5 Å². The molecule has 4 rings (SSSR count). The van der Waals surface area contributed by atoms with E-state index in [9.17, 15) is 0 Å². The van der Waals surface area contributed by atoms with Crippen molar-refractivity contribution in [3.05, 3.63) is 109 Å². The second-order valence-corrected chi connectivity index (χ2v) is 6.47. The van der Waals surface area contributed by atoms with Crippen LogP contribution in [0.4, 0.5) is 11.4 Å². The molecule has 0 bridgehead atoms. The molecule has 4 aromatic rings. The maximum atomic E-state index is 8.90. The van der Waals surface area contributed by atoms with Crippen molar-refractivity contribution in [1.29, 1.82) is 0 Å². The number of benzene rings is 4. The van der Waals surface area contributed by atoms with E-state index in [1.54, 1.807) is 0 Å². The molecule has 0 fully saturated rings. The predicted molar refractivity (Wildman–Crippen MR) is 119 cm³/mol. The topological polar surface area (TPSA) is 72.3 Å². The molecule has 0 atom stereocenters. The van der Waals surface area contributed by atoms with Crippen LogP contribution in [0, 0.1) is 0 Å². The van der Waals surface area contributed by atoms with Gasteiger partial charge in [-0.3, -0.25) is 0 Å². The molecule has 0 aliphatic rings. The minimum absolute atomic E-state index is 0.106. The van der Waals surface area contributed by atoms with E-state index in [0.717, 1.165) is 28.1 Å². The fraction of sp³-hybridized carbons (Fsp3) is 0.0400. The first-order chi connectivity index (χ1) is 13.7. The van der Waals surface area contributed by atoms with Crippen LogP contribution in [0.5, 0.6) is 0 Å². The number of anilines is 2. The molecule has 0 heterocycles. The van der Waals surface area contributed by atoms with Gasteiger partial charge < -0.3 is 16.6 Å². The first-order valence-corrected chi connectivity index (χ1v) is 9.12. The Morgan fingerprint density at radius 3 is 1.21 bits per heavy atom. The Hall–Kier alpha value is -3.56. The molecule has 0 unspecified atom stereocenters. The van der Waals surface area contributed by atoms with Crippen LogP contribution >= 0.6 is 0 Å². The Balaban J connectivity index is 0.000000161. The summed E-state index contributed by atoms with van der Waals surface area (Å²) in [5, 5.41) is 8.90. The normalized spacial score (nSPS) is 10.0. The summed E-state index contributed by atoms with van der Waals surface area (Å²) < 4.78 is 0. The minimum atomic E-state index is 0.106. The Labute approximate surface area is 165 Å². The van der Waals surface area contributed by atoms with Gasteiger partial charge in [0.25, 0.3) is 0 Å². The van der Waals surface area contributed by atoms with E-state index in [2.05, 4.69) is 12.1 Å². The monoisotopic (exact) mass is 368 g/mol. The summed E-state index contributed by atoms with van der Waals surface area (Å²) in [4.78, 5) is 0. The lowest BCUT2D eigenvalue weighted by Gasteiger charge is -2.02. The molecule has 4 aromatic carbocycles. The van der Waals surface area contributed by atoms with Crippen molar-refractivity contribution in [1.82, 2.24) is 0 Å². The molecule has 0 radical (unpaired) electrons. The summed E-state index contributed by atoms with van der Waals surface area (Å²) in [5.41, 5.74) is 18.4. The Morgan fingerprint density at radius 2 is 0.821 bits per heavy atom. The fourth-order valence-corrected chi connectivity index (χ4v) is 2.78. The molecule has 0 aliphatic carbocycles. The zero-order valence-corrected chi connectivity index (χ0v) is 15.6. The Kier molecular flexibility index (Phi) is 6.45. The van der Waals surface area contributed by atoms with E-state index in [1.165, 1.54) is 11.1 Å². The van der Waals surface area contributed by atoms with Crippen LogP contribution in [0.2, 0.25) is 0 Å². The number of aliphatic hydroxyl groups excluding tert-OH is 1. The molecule has 0 aliphatic heterocycles. The van der Waals surface area contributed by atoms with Gasteiger partial charge in [-0.05, 0) is 52.1 Å². The minimum Gasteiger partial charge on any atom is -0.399 e. The Bertz CT molecular complexity index is 934. The summed E-state index contributed by atoms with van der Waals surface area (Å²) in [6.07, 6.45) is 0. The number of hydrogen-bond acceptors (Lipinski definition) is 3. The lowest BCUT2D eigenvalue weighted by molar-refractivity contribution is 0.282. The van der Waals surface area contributed by atoms with Gasteiger partial charge in [0.05, 0.1) is 6.61 Å². The maximum absolute atomic E-state index is 8.90. The number of hydrogen-bond donors (Lipinski definition) is 3. The van der Waals surface area contributed by atoms with Gasteiger partial charge in [-0.2, -0.15) is 0 Å². The third kappa shape index (κ3) is 5.22. The first kappa shape index (κ1) is 19.2. The van der Waals surface area contributed by atoms with Gasteiger partial charge >= 0.3 is 0 Å². The summed E-state index contributed by atoms with van der Waals surface area (Å²) in [6.45, 7) is 0.106. The quantitative estimate of drug-likeness (QED) is 0.426. The maximum Gasteiger partial charge on any atom is 0.0681 e. The molecule has 28 heavy (non-hydrogen) atoms. The number of rotatable bonds is 3. The van der Waals surface area contributed by atoms with Crippen molar-refractivity contribution in [2.24, 2.45) is 0 Å². The van der Waals surface area contributed by atoms with Crippen molar-refractivity contribution in [2.75, 3.05) is 11.5 Å². The van der Waals surface area contributed by atoms with Gasteiger partial charge in [-0.15, -0.1) is 0 Å². The first-order valence-electron chi connectivity index (χ1n) is 9.12. The SMILES string of the molecule is Nc1ccc(-c2ccc(N)cc2)cc1.OCc1ccc(-c2ccccc2)cc1. The zero-order chi connectivity index (χ0) is 19.8. The van der Waals surface area contributed by atoms with Crippen LogP contribution in [0.3, 0.4) is 0 Å². The summed E-state index contributed by atoms with van der Waals surface area (Å²) in [7, 11) is 0. The van der Waals surface area contributed by atoms with E-state index in [-0.39, 0.29) is 6.61 Å². The van der Waals surface area contributed by atoms with Crippen molar-refractivity contribution in [3.8, 4) is 22.3 Å². The van der Waals surface area contributed by atoms with Crippen LogP contribution in [0.15, 0.2) is 103 Å². The molecule has 140 valence electrons. The van der Waals surface area contributed by atoms with Gasteiger partial charge in [-0.1, -0.05) is 78.9 Å². The largest absolute Gasteiger partial charge is 0.399 e. The molecule has 0 amide bonds. The summed E-state index contributed by atoms with van der Waals surface area (Å²) in [5.74, 6) is 0. The van der Waals surface area contributed by atoms with E-state index in [0.29, 0.717) is 0 Å². The lowest BCUT2D eigenvalue weighted by atomic mass is 10.0. The van der Waals surface area contributed by atoms with Gasteiger partial charge in [0.2, 0.25) is 0 Å². The molecule has 5 N–H and O–H groups in total. The van der Waals surface area contributed by atoms with Crippen molar-refractivity contribution in [2.45, 2.75) is 6.61 Å². The highest BCUT2D eigenvalue weighted by Crippen LogP contribution is 2.21. The van der Waals surface area contributed by atoms with E-state index in [4.69, 9.17) is 16.6 Å². The molecule has 0 saturated carbocycles. The highest BCUT2D eigenvalue weighted by Gasteiger charge is 1.96. The van der Waals surface area contributed by atoms with Gasteiger partial charge in [0, 0.05) is 11.4 Å². The summed E-state index contributed by atoms with van der Waals surface area (Å²) >= 11 is 0. The lowest BCUT2D eigenvalue weighted by Crippen LogP contribution is -1.85. The molecule has 3 heteroatoms. The number of nitrogen functional groups attached to an aromatic ring is 2. The average Bonchev–Trinajstić information content (AvgIpc) is 2.76. The van der Waals surface area contributed by atoms with Crippen LogP contribution in [0.1, 0.15) is 5.56 Å². The second kappa shape index (κ2) is 9.40. The van der Waals surface area contributed by atoms with Crippen LogP contribution in [0.25, 0.3) is 22.3 Å². The van der Waals surface area contributed by atoms with E-state index in [1.807, 2.05) is 91.0 Å². The molecular formula is C25H24N2O. The molecule has 0 spiro atoms. The molecule has 0 saturated heterocycles. The smallest absolute Gasteiger partial charge is 0.0681 e. The van der Waals surface area contributed by atoms with Crippen LogP contribution in [-0.2, 0) is 6.61 Å². The predicted octanol–water partition coefficient (Wildman–Crippen LogP) is 5.36. The van der Waals surface area contributed by atoms with Crippen LogP contribution in [-0.4, -0.2) is 5.11 Å². The third-order valence-corrected chi connectivity index (χ3v) is 4.40. The van der Waals surface area contributed by atoms with Gasteiger partial charge in [0.15, 0.2) is 0 Å². The van der Waals surface area contributed by atoms with Crippen molar-refractivity contribution >= 4 is 11.4 Å². The summed E-state index contributed by atoms with van der Waals surface area (Å²) in [6, 6.07) is 33.7. The standard InChI is InChI=1S/C13H12O.C12H12N2/c14-10-11-6-8-13(9-7-11)12-4-2-1-3-5-12;13-11-5-1-9(2-6-11)10-3-7-12(14)8-4-10/h1-9,14H,10H2;1-8H,13-14H2. The van der Waals surface area contributed by atoms with Crippen molar-refractivity contribution in [3.63, 3.8) is 0 Å². The molecule has 0 aromatic heterocycles. The highest BCUT2D eigenvalue weighted by molar-refractivity contribution is 5.67. The van der Waals surface area contributed by atoms with Crippen molar-refractivity contribution < 1.29 is 5.11 Å². The third-order valence-electron chi connectivity index (χ3n) is 4.40. The number of nitrogens with two attached hydrogens (primary N) is 2. The van der Waals surface area contributed by atoms with Gasteiger partial charge in [-0.25, -0.2) is 0 Å². The van der Waals surface area contributed by atoms with E-state index >= 15 is 0 Å². The fourth-order valence-electron chi connectivity index (χ4n) is 2.78. The van der Waals surface area contributed by atoms with Gasteiger partial charge in [0.1, 0.15) is 0 Å². The Morgan fingerprint density at radius 1 is 0.464 bits per heavy atom. The zero-order valence-electron chi connectivity index (χ0n) is 15.6. The second-order valence-electron chi connectivity index (χ2n) is 6.47. The highest BCUT2D eigenvalue weighted by atomic mass is 16.3. The average molecular weight is 368 g/mol. The van der Waals surface area contributed by atoms with E-state index < -0.39 is 0 Å². The number of aliphatic hydroxyl groups is 1. The molecule has 3 nitrogen and oxygen atoms in total.